The second-order valence-corrected chi connectivity index (χ2v) is 4.53. The van der Waals surface area contributed by atoms with Crippen LogP contribution in [0.5, 0.6) is 0 Å². The number of hydrogen-bond acceptors (Lipinski definition) is 3. The van der Waals surface area contributed by atoms with E-state index in [1.807, 2.05) is 30.3 Å². The average Bonchev–Trinajstić information content (AvgIpc) is 2.31. The maximum absolute atomic E-state index is 11.4. The van der Waals surface area contributed by atoms with E-state index in [1.165, 1.54) is 19.3 Å². The molecular formula is C14H19NO2. The first-order valence-electron chi connectivity index (χ1n) is 6.29. The molecule has 3 nitrogen and oxygen atoms in total. The Morgan fingerprint density at radius 3 is 2.71 bits per heavy atom. The largest absolute Gasteiger partial charge is 0.464 e. The molecule has 0 radical (unpaired) electrons. The molecule has 0 unspecified atom stereocenters. The number of carbonyl (C=O) groups excluding carboxylic acids is 1. The number of carbonyl (C=O) groups is 1. The second-order valence-electron chi connectivity index (χ2n) is 4.53. The zero-order chi connectivity index (χ0) is 11.9. The van der Waals surface area contributed by atoms with Crippen molar-refractivity contribution in [3.63, 3.8) is 0 Å². The maximum Gasteiger partial charge on any atom is 0.325 e. The summed E-state index contributed by atoms with van der Waals surface area (Å²) in [6.45, 7) is 0.814. The molecule has 3 heteroatoms. The van der Waals surface area contributed by atoms with Gasteiger partial charge in [-0.25, -0.2) is 0 Å². The van der Waals surface area contributed by atoms with Crippen LogP contribution in [-0.4, -0.2) is 19.1 Å². The first-order chi connectivity index (χ1) is 8.34. The summed E-state index contributed by atoms with van der Waals surface area (Å²) < 4.78 is 5.17. The van der Waals surface area contributed by atoms with Gasteiger partial charge in [0.05, 0.1) is 6.61 Å². The molecule has 0 aromatic heterocycles. The van der Waals surface area contributed by atoms with Gasteiger partial charge >= 0.3 is 5.97 Å². The van der Waals surface area contributed by atoms with Gasteiger partial charge in [0, 0.05) is 5.69 Å². The number of nitrogens with one attached hydrogen (secondary N) is 1. The van der Waals surface area contributed by atoms with Gasteiger partial charge in [-0.3, -0.25) is 4.79 Å². The molecule has 0 aliphatic heterocycles. The van der Waals surface area contributed by atoms with Crippen LogP contribution in [0, 0.1) is 5.92 Å². The van der Waals surface area contributed by atoms with Crippen LogP contribution in [0.2, 0.25) is 0 Å². The molecule has 0 heterocycles. The van der Waals surface area contributed by atoms with Crippen molar-refractivity contribution in [2.24, 2.45) is 5.92 Å². The molecule has 1 N–H and O–H groups in total. The van der Waals surface area contributed by atoms with Crippen LogP contribution in [0.1, 0.15) is 25.7 Å². The molecule has 0 atom stereocenters. The zero-order valence-corrected chi connectivity index (χ0v) is 10.0. The van der Waals surface area contributed by atoms with E-state index in [-0.39, 0.29) is 12.5 Å². The molecule has 1 aromatic rings. The second kappa shape index (κ2) is 6.28. The molecule has 1 aliphatic carbocycles. The fourth-order valence-electron chi connectivity index (χ4n) is 1.90. The van der Waals surface area contributed by atoms with E-state index in [2.05, 4.69) is 5.32 Å². The Morgan fingerprint density at radius 1 is 1.29 bits per heavy atom. The third-order valence-corrected chi connectivity index (χ3v) is 3.22. The fraction of sp³-hybridized carbons (Fsp3) is 0.500. The van der Waals surface area contributed by atoms with Gasteiger partial charge in [-0.2, -0.15) is 0 Å². The topological polar surface area (TPSA) is 38.3 Å². The third-order valence-electron chi connectivity index (χ3n) is 3.22. The van der Waals surface area contributed by atoms with E-state index in [0.29, 0.717) is 6.61 Å². The lowest BCUT2D eigenvalue weighted by Crippen LogP contribution is -2.20. The molecule has 1 aliphatic rings. The SMILES string of the molecule is O=C(CNc1ccccc1)OCCC1CCC1. The van der Waals surface area contributed by atoms with E-state index in [4.69, 9.17) is 4.74 Å². The summed E-state index contributed by atoms with van der Waals surface area (Å²) >= 11 is 0. The van der Waals surface area contributed by atoms with Crippen molar-refractivity contribution in [2.45, 2.75) is 25.7 Å². The smallest absolute Gasteiger partial charge is 0.325 e. The van der Waals surface area contributed by atoms with Gasteiger partial charge < -0.3 is 10.1 Å². The zero-order valence-electron chi connectivity index (χ0n) is 10.0. The van der Waals surface area contributed by atoms with Crippen LogP contribution in [0.15, 0.2) is 30.3 Å². The predicted octanol–water partition coefficient (Wildman–Crippen LogP) is 2.83. The number of hydrogen-bond donors (Lipinski definition) is 1. The molecule has 2 rings (SSSR count). The van der Waals surface area contributed by atoms with Crippen molar-refractivity contribution in [2.75, 3.05) is 18.5 Å². The lowest BCUT2D eigenvalue weighted by molar-refractivity contribution is -0.142. The van der Waals surface area contributed by atoms with E-state index < -0.39 is 0 Å². The Labute approximate surface area is 102 Å². The van der Waals surface area contributed by atoms with E-state index >= 15 is 0 Å². The van der Waals surface area contributed by atoms with Crippen LogP contribution in [0.25, 0.3) is 0 Å². The lowest BCUT2D eigenvalue weighted by atomic mass is 9.83. The summed E-state index contributed by atoms with van der Waals surface area (Å²) in [4.78, 5) is 11.4. The molecule has 0 saturated heterocycles. The molecule has 1 fully saturated rings. The molecule has 1 saturated carbocycles. The van der Waals surface area contributed by atoms with Crippen molar-refractivity contribution in [1.82, 2.24) is 0 Å². The van der Waals surface area contributed by atoms with Crippen molar-refractivity contribution >= 4 is 11.7 Å². The number of ether oxygens (including phenoxy) is 1. The number of esters is 1. The minimum atomic E-state index is -0.173. The quantitative estimate of drug-likeness (QED) is 0.768. The maximum atomic E-state index is 11.4. The Morgan fingerprint density at radius 2 is 2.06 bits per heavy atom. The van der Waals surface area contributed by atoms with Gasteiger partial charge in [0.2, 0.25) is 0 Å². The van der Waals surface area contributed by atoms with Crippen molar-refractivity contribution in [1.29, 1.82) is 0 Å². The van der Waals surface area contributed by atoms with Crippen LogP contribution < -0.4 is 5.32 Å². The van der Waals surface area contributed by atoms with E-state index in [1.54, 1.807) is 0 Å². The minimum absolute atomic E-state index is 0.173. The van der Waals surface area contributed by atoms with E-state index in [9.17, 15) is 4.79 Å². The molecule has 92 valence electrons. The summed E-state index contributed by atoms with van der Waals surface area (Å²) in [6.07, 6.45) is 4.98. The normalized spacial score (nSPS) is 15.1. The highest BCUT2D eigenvalue weighted by molar-refractivity contribution is 5.74. The molecule has 1 aromatic carbocycles. The van der Waals surface area contributed by atoms with Gasteiger partial charge in [0.25, 0.3) is 0 Å². The Bertz CT molecular complexity index is 346. The third kappa shape index (κ3) is 4.10. The number of para-hydroxylation sites is 1. The van der Waals surface area contributed by atoms with E-state index in [0.717, 1.165) is 18.0 Å². The number of rotatable bonds is 6. The van der Waals surface area contributed by atoms with Crippen molar-refractivity contribution in [3.05, 3.63) is 30.3 Å². The van der Waals surface area contributed by atoms with Crippen LogP contribution >= 0.6 is 0 Å². The van der Waals surface area contributed by atoms with Crippen molar-refractivity contribution in [3.8, 4) is 0 Å². The van der Waals surface area contributed by atoms with Gasteiger partial charge in [-0.1, -0.05) is 37.5 Å². The predicted molar refractivity (Wildman–Crippen MR) is 67.8 cm³/mol. The van der Waals surface area contributed by atoms with Crippen LogP contribution in [0.3, 0.4) is 0 Å². The summed E-state index contributed by atoms with van der Waals surface area (Å²) in [5.74, 6) is 0.623. The Hall–Kier alpha value is -1.51. The fourth-order valence-corrected chi connectivity index (χ4v) is 1.90. The first-order valence-corrected chi connectivity index (χ1v) is 6.29. The van der Waals surface area contributed by atoms with Crippen molar-refractivity contribution < 1.29 is 9.53 Å². The van der Waals surface area contributed by atoms with Gasteiger partial charge in [0.1, 0.15) is 6.54 Å². The standard InChI is InChI=1S/C14H19NO2/c16-14(17-10-9-12-5-4-6-12)11-15-13-7-2-1-3-8-13/h1-3,7-8,12,15H,4-6,9-11H2. The molecule has 0 bridgehead atoms. The Kier molecular flexibility index (Phi) is 4.42. The summed E-state index contributed by atoms with van der Waals surface area (Å²) in [5.41, 5.74) is 0.948. The monoisotopic (exact) mass is 233 g/mol. The molecule has 0 amide bonds. The van der Waals surface area contributed by atoms with Gasteiger partial charge in [-0.05, 0) is 24.5 Å². The van der Waals surface area contributed by atoms with Crippen LogP contribution in [-0.2, 0) is 9.53 Å². The Balaban J connectivity index is 1.57. The lowest BCUT2D eigenvalue weighted by Gasteiger charge is -2.24. The summed E-state index contributed by atoms with van der Waals surface area (Å²) in [7, 11) is 0. The van der Waals surface area contributed by atoms with Crippen LogP contribution in [0.4, 0.5) is 5.69 Å². The molecule has 0 spiro atoms. The first kappa shape index (κ1) is 12.0. The molecular weight excluding hydrogens is 214 g/mol. The molecule has 17 heavy (non-hydrogen) atoms. The van der Waals surface area contributed by atoms with Gasteiger partial charge in [-0.15, -0.1) is 0 Å². The van der Waals surface area contributed by atoms with Gasteiger partial charge in [0.15, 0.2) is 0 Å². The summed E-state index contributed by atoms with van der Waals surface area (Å²) in [6, 6.07) is 9.68. The number of anilines is 1. The average molecular weight is 233 g/mol. The highest BCUT2D eigenvalue weighted by atomic mass is 16.5. The summed E-state index contributed by atoms with van der Waals surface area (Å²) in [5, 5.41) is 3.04. The number of benzene rings is 1. The minimum Gasteiger partial charge on any atom is -0.464 e. The highest BCUT2D eigenvalue weighted by Crippen LogP contribution is 2.29. The highest BCUT2D eigenvalue weighted by Gasteiger charge is 2.17.